The van der Waals surface area contributed by atoms with Crippen LogP contribution in [0.3, 0.4) is 0 Å². The Hall–Kier alpha value is -3.19. The molecule has 0 unspecified atom stereocenters. The zero-order valence-electron chi connectivity index (χ0n) is 15.1. The maximum Gasteiger partial charge on any atom is 0.261 e. The van der Waals surface area contributed by atoms with Gasteiger partial charge in [-0.15, -0.1) is 0 Å². The summed E-state index contributed by atoms with van der Waals surface area (Å²) < 4.78 is 1.26. The fourth-order valence-electron chi connectivity index (χ4n) is 3.43. The van der Waals surface area contributed by atoms with E-state index < -0.39 is 0 Å². The molecule has 0 saturated carbocycles. The first-order chi connectivity index (χ1) is 13.4. The van der Waals surface area contributed by atoms with Gasteiger partial charge < -0.3 is 10.2 Å². The van der Waals surface area contributed by atoms with Gasteiger partial charge in [0.25, 0.3) is 5.56 Å². The molecule has 2 amide bonds. The monoisotopic (exact) mass is 396 g/mol. The van der Waals surface area contributed by atoms with Crippen molar-refractivity contribution in [3.63, 3.8) is 0 Å². The van der Waals surface area contributed by atoms with E-state index in [2.05, 4.69) is 10.3 Å². The van der Waals surface area contributed by atoms with E-state index in [0.717, 1.165) is 0 Å². The molecule has 28 heavy (non-hydrogen) atoms. The second-order valence-corrected chi connectivity index (χ2v) is 7.16. The summed E-state index contributed by atoms with van der Waals surface area (Å²) in [7, 11) is 0. The fourth-order valence-corrected chi connectivity index (χ4v) is 3.61. The Morgan fingerprint density at radius 3 is 2.86 bits per heavy atom. The molecule has 1 aromatic heterocycles. The molecular formula is C20H17ClN4O3. The molecule has 4 rings (SSSR count). The van der Waals surface area contributed by atoms with E-state index in [1.54, 1.807) is 54.3 Å². The molecule has 1 aliphatic rings. The summed E-state index contributed by atoms with van der Waals surface area (Å²) >= 11 is 5.99. The Morgan fingerprint density at radius 1 is 1.25 bits per heavy atom. The van der Waals surface area contributed by atoms with Crippen LogP contribution >= 0.6 is 11.6 Å². The Kier molecular flexibility index (Phi) is 4.60. The number of benzene rings is 2. The van der Waals surface area contributed by atoms with Crippen LogP contribution in [-0.2, 0) is 16.1 Å². The molecule has 0 saturated heterocycles. The summed E-state index contributed by atoms with van der Waals surface area (Å²) in [5.74, 6) is -0.462. The summed E-state index contributed by atoms with van der Waals surface area (Å²) in [6, 6.07) is 11.6. The van der Waals surface area contributed by atoms with Gasteiger partial charge in [-0.1, -0.05) is 23.7 Å². The highest BCUT2D eigenvalue weighted by Crippen LogP contribution is 2.31. The molecule has 0 spiro atoms. The lowest BCUT2D eigenvalue weighted by atomic mass is 10.1. The van der Waals surface area contributed by atoms with Gasteiger partial charge in [0.15, 0.2) is 0 Å². The van der Waals surface area contributed by atoms with Gasteiger partial charge in [-0.2, -0.15) is 0 Å². The van der Waals surface area contributed by atoms with Gasteiger partial charge >= 0.3 is 0 Å². The van der Waals surface area contributed by atoms with E-state index in [-0.39, 0.29) is 36.4 Å². The Balaban J connectivity index is 1.72. The molecule has 3 aromatic rings. The van der Waals surface area contributed by atoms with Crippen molar-refractivity contribution in [2.75, 3.05) is 10.2 Å². The topological polar surface area (TPSA) is 84.3 Å². The number of para-hydroxylation sites is 2. The summed E-state index contributed by atoms with van der Waals surface area (Å²) in [6.07, 6.45) is 1.52. The third kappa shape index (κ3) is 3.25. The standard InChI is InChI=1S/C20H17ClN4O3/c1-12-8-18(26)23-16-4-2-3-5-17(16)25(12)19(27)10-24-11-22-15-7-6-13(21)9-14(15)20(24)28/h2-7,9,11-12H,8,10H2,1H3,(H,23,26)/t12-/m0/s1. The first kappa shape index (κ1) is 18.2. The Morgan fingerprint density at radius 2 is 2.04 bits per heavy atom. The van der Waals surface area contributed by atoms with Gasteiger partial charge in [-0.25, -0.2) is 4.98 Å². The second kappa shape index (κ2) is 7.09. The number of rotatable bonds is 2. The molecule has 0 radical (unpaired) electrons. The normalized spacial score (nSPS) is 16.4. The minimum atomic E-state index is -0.352. The molecule has 0 aliphatic carbocycles. The number of halogens is 1. The molecule has 1 aliphatic heterocycles. The SMILES string of the molecule is C[C@H]1CC(=O)Nc2ccccc2N1C(=O)Cn1cnc2ccc(Cl)cc2c1=O. The number of hydrogen-bond donors (Lipinski definition) is 1. The quantitative estimate of drug-likeness (QED) is 0.721. The van der Waals surface area contributed by atoms with Crippen LogP contribution < -0.4 is 15.8 Å². The van der Waals surface area contributed by atoms with Crippen LogP contribution in [0, 0.1) is 0 Å². The van der Waals surface area contributed by atoms with Crippen molar-refractivity contribution in [3.05, 3.63) is 64.2 Å². The zero-order chi connectivity index (χ0) is 19.8. The summed E-state index contributed by atoms with van der Waals surface area (Å²) in [6.45, 7) is 1.61. The first-order valence-electron chi connectivity index (χ1n) is 8.79. The molecule has 1 atom stereocenters. The van der Waals surface area contributed by atoms with E-state index in [1.165, 1.54) is 10.9 Å². The number of carbonyl (C=O) groups is 2. The third-order valence-electron chi connectivity index (χ3n) is 4.72. The molecule has 1 N–H and O–H groups in total. The van der Waals surface area contributed by atoms with Gasteiger partial charge in [0.1, 0.15) is 6.54 Å². The molecule has 0 fully saturated rings. The van der Waals surface area contributed by atoms with Gasteiger partial charge in [-0.05, 0) is 37.3 Å². The van der Waals surface area contributed by atoms with E-state index in [4.69, 9.17) is 11.6 Å². The number of hydrogen-bond acceptors (Lipinski definition) is 4. The maximum absolute atomic E-state index is 13.1. The van der Waals surface area contributed by atoms with E-state index in [0.29, 0.717) is 27.3 Å². The zero-order valence-corrected chi connectivity index (χ0v) is 15.8. The van der Waals surface area contributed by atoms with Gasteiger partial charge in [-0.3, -0.25) is 19.0 Å². The number of nitrogens with one attached hydrogen (secondary N) is 1. The van der Waals surface area contributed by atoms with Crippen molar-refractivity contribution in [2.24, 2.45) is 0 Å². The smallest absolute Gasteiger partial charge is 0.261 e. The van der Waals surface area contributed by atoms with Crippen LogP contribution in [0.2, 0.25) is 5.02 Å². The average molecular weight is 397 g/mol. The molecule has 142 valence electrons. The minimum Gasteiger partial charge on any atom is -0.324 e. The van der Waals surface area contributed by atoms with Gasteiger partial charge in [0, 0.05) is 17.5 Å². The van der Waals surface area contributed by atoms with Crippen LogP contribution in [-0.4, -0.2) is 27.4 Å². The lowest BCUT2D eigenvalue weighted by Crippen LogP contribution is -2.42. The van der Waals surface area contributed by atoms with E-state index in [9.17, 15) is 14.4 Å². The number of fused-ring (bicyclic) bond motifs is 2. The molecular weight excluding hydrogens is 380 g/mol. The fraction of sp³-hybridized carbons (Fsp3) is 0.200. The second-order valence-electron chi connectivity index (χ2n) is 6.72. The van der Waals surface area contributed by atoms with Crippen LogP contribution in [0.1, 0.15) is 13.3 Å². The first-order valence-corrected chi connectivity index (χ1v) is 9.17. The highest BCUT2D eigenvalue weighted by atomic mass is 35.5. The molecule has 8 heteroatoms. The number of aromatic nitrogens is 2. The molecule has 2 heterocycles. The van der Waals surface area contributed by atoms with Crippen molar-refractivity contribution < 1.29 is 9.59 Å². The number of nitrogens with zero attached hydrogens (tertiary/aromatic N) is 3. The summed E-state index contributed by atoms with van der Waals surface area (Å²) in [5.41, 5.74) is 1.35. The van der Waals surface area contributed by atoms with Crippen LogP contribution in [0.4, 0.5) is 11.4 Å². The maximum atomic E-state index is 13.1. The highest BCUT2D eigenvalue weighted by molar-refractivity contribution is 6.31. The van der Waals surface area contributed by atoms with E-state index in [1.807, 2.05) is 0 Å². The molecule has 0 bridgehead atoms. The van der Waals surface area contributed by atoms with Crippen molar-refractivity contribution >= 4 is 45.7 Å². The molecule has 2 aromatic carbocycles. The Bertz CT molecular complexity index is 1160. The minimum absolute atomic E-state index is 0.158. The largest absolute Gasteiger partial charge is 0.324 e. The molecule has 7 nitrogen and oxygen atoms in total. The van der Waals surface area contributed by atoms with Gasteiger partial charge in [0.2, 0.25) is 11.8 Å². The third-order valence-corrected chi connectivity index (χ3v) is 4.95. The number of carbonyl (C=O) groups excluding carboxylic acids is 2. The predicted octanol–water partition coefficient (Wildman–Crippen LogP) is 2.81. The van der Waals surface area contributed by atoms with E-state index >= 15 is 0 Å². The van der Waals surface area contributed by atoms with Crippen molar-refractivity contribution in [1.29, 1.82) is 0 Å². The average Bonchev–Trinajstić information content (AvgIpc) is 2.78. The summed E-state index contributed by atoms with van der Waals surface area (Å²) in [5, 5.41) is 3.59. The lowest BCUT2D eigenvalue weighted by Gasteiger charge is -2.28. The van der Waals surface area contributed by atoms with Crippen LogP contribution in [0.15, 0.2) is 53.6 Å². The number of anilines is 2. The van der Waals surface area contributed by atoms with Crippen LogP contribution in [0.5, 0.6) is 0 Å². The van der Waals surface area contributed by atoms with Gasteiger partial charge in [0.05, 0.1) is 28.6 Å². The highest BCUT2D eigenvalue weighted by Gasteiger charge is 2.29. The summed E-state index contributed by atoms with van der Waals surface area (Å²) in [4.78, 5) is 43.8. The van der Waals surface area contributed by atoms with Crippen molar-refractivity contribution in [3.8, 4) is 0 Å². The Labute approximate surface area is 165 Å². The van der Waals surface area contributed by atoms with Crippen LogP contribution in [0.25, 0.3) is 10.9 Å². The number of amides is 2. The lowest BCUT2D eigenvalue weighted by molar-refractivity contribution is -0.120. The predicted molar refractivity (Wildman–Crippen MR) is 108 cm³/mol. The van der Waals surface area contributed by atoms with Crippen molar-refractivity contribution in [2.45, 2.75) is 25.9 Å². The van der Waals surface area contributed by atoms with Crippen molar-refractivity contribution in [1.82, 2.24) is 9.55 Å².